The van der Waals surface area contributed by atoms with Gasteiger partial charge in [-0.3, -0.25) is 0 Å². The van der Waals surface area contributed by atoms with Crippen LogP contribution in [0.3, 0.4) is 0 Å². The maximum atomic E-state index is 11.1. The van der Waals surface area contributed by atoms with Crippen LogP contribution in [-0.4, -0.2) is 41.1 Å². The second kappa shape index (κ2) is 5.60. The normalized spacial score (nSPS) is 14.2. The molecule has 0 heterocycles. The third kappa shape index (κ3) is 2.79. The van der Waals surface area contributed by atoms with Crippen molar-refractivity contribution in [1.29, 1.82) is 0 Å². The van der Waals surface area contributed by atoms with Crippen LogP contribution >= 0.6 is 0 Å². The van der Waals surface area contributed by atoms with Crippen molar-refractivity contribution in [2.24, 2.45) is 0 Å². The lowest BCUT2D eigenvalue weighted by molar-refractivity contribution is -0.0152. The van der Waals surface area contributed by atoms with Gasteiger partial charge in [-0.05, 0) is 17.7 Å². The SMILES string of the molecule is COC(=O)c1ccc(C(O)C(O)CO)cc1. The van der Waals surface area contributed by atoms with Gasteiger partial charge >= 0.3 is 5.97 Å². The summed E-state index contributed by atoms with van der Waals surface area (Å²) in [4.78, 5) is 11.1. The second-order valence-corrected chi connectivity index (χ2v) is 3.31. The third-order valence-electron chi connectivity index (χ3n) is 2.22. The van der Waals surface area contributed by atoms with Crippen molar-refractivity contribution in [2.45, 2.75) is 12.2 Å². The molecule has 5 nitrogen and oxygen atoms in total. The summed E-state index contributed by atoms with van der Waals surface area (Å²) in [5, 5.41) is 27.4. The Hall–Kier alpha value is -1.43. The van der Waals surface area contributed by atoms with Gasteiger partial charge in [0.1, 0.15) is 12.2 Å². The molecule has 0 radical (unpaired) electrons. The van der Waals surface area contributed by atoms with Gasteiger partial charge in [-0.2, -0.15) is 0 Å². The third-order valence-corrected chi connectivity index (χ3v) is 2.22. The maximum Gasteiger partial charge on any atom is 0.337 e. The van der Waals surface area contributed by atoms with Crippen LogP contribution in [0.5, 0.6) is 0 Å². The fourth-order valence-corrected chi connectivity index (χ4v) is 1.26. The lowest BCUT2D eigenvalue weighted by Crippen LogP contribution is -2.22. The van der Waals surface area contributed by atoms with Crippen LogP contribution in [0.1, 0.15) is 22.0 Å². The van der Waals surface area contributed by atoms with Gasteiger partial charge in [0, 0.05) is 0 Å². The minimum absolute atomic E-state index is 0.358. The number of hydrogen-bond acceptors (Lipinski definition) is 5. The van der Waals surface area contributed by atoms with Gasteiger partial charge in [-0.25, -0.2) is 4.79 Å². The van der Waals surface area contributed by atoms with Crippen molar-refractivity contribution >= 4 is 5.97 Å². The first-order valence-electron chi connectivity index (χ1n) is 4.75. The molecule has 0 aliphatic rings. The summed E-state index contributed by atoms with van der Waals surface area (Å²) in [5.41, 5.74) is 0.783. The Morgan fingerprint density at radius 3 is 2.31 bits per heavy atom. The molecule has 0 spiro atoms. The van der Waals surface area contributed by atoms with Crippen molar-refractivity contribution in [3.05, 3.63) is 35.4 Å². The quantitative estimate of drug-likeness (QED) is 0.622. The van der Waals surface area contributed by atoms with E-state index in [1.165, 1.54) is 31.4 Å². The molecule has 2 atom stereocenters. The lowest BCUT2D eigenvalue weighted by atomic mass is 10.0. The Morgan fingerprint density at radius 1 is 1.31 bits per heavy atom. The van der Waals surface area contributed by atoms with Gasteiger partial charge in [0.2, 0.25) is 0 Å². The number of hydrogen-bond donors (Lipinski definition) is 3. The zero-order chi connectivity index (χ0) is 12.1. The van der Waals surface area contributed by atoms with Crippen molar-refractivity contribution in [2.75, 3.05) is 13.7 Å². The second-order valence-electron chi connectivity index (χ2n) is 3.31. The summed E-state index contributed by atoms with van der Waals surface area (Å²) >= 11 is 0. The summed E-state index contributed by atoms with van der Waals surface area (Å²) in [5.74, 6) is -0.469. The van der Waals surface area contributed by atoms with Crippen LogP contribution < -0.4 is 0 Å². The predicted molar refractivity (Wildman–Crippen MR) is 55.8 cm³/mol. The molecule has 3 N–H and O–H groups in total. The van der Waals surface area contributed by atoms with E-state index in [2.05, 4.69) is 4.74 Å². The molecule has 0 fully saturated rings. The van der Waals surface area contributed by atoms with Crippen LogP contribution in [0.2, 0.25) is 0 Å². The van der Waals surface area contributed by atoms with E-state index in [0.29, 0.717) is 11.1 Å². The minimum atomic E-state index is -1.23. The van der Waals surface area contributed by atoms with Gasteiger partial charge in [0.25, 0.3) is 0 Å². The number of carbonyl (C=O) groups is 1. The molecular weight excluding hydrogens is 212 g/mol. The first-order valence-corrected chi connectivity index (χ1v) is 4.75. The molecule has 0 aromatic heterocycles. The van der Waals surface area contributed by atoms with Crippen molar-refractivity contribution in [3.63, 3.8) is 0 Å². The molecule has 0 saturated heterocycles. The average molecular weight is 226 g/mol. The molecule has 0 bridgehead atoms. The molecule has 88 valence electrons. The molecule has 1 aromatic rings. The predicted octanol–water partition coefficient (Wildman–Crippen LogP) is -0.140. The van der Waals surface area contributed by atoms with Gasteiger partial charge in [-0.1, -0.05) is 12.1 Å². The zero-order valence-electron chi connectivity index (χ0n) is 8.83. The van der Waals surface area contributed by atoms with Gasteiger partial charge in [-0.15, -0.1) is 0 Å². The monoisotopic (exact) mass is 226 g/mol. The Bertz CT molecular complexity index is 346. The van der Waals surface area contributed by atoms with Crippen LogP contribution in [0, 0.1) is 0 Å². The van der Waals surface area contributed by atoms with Gasteiger partial charge in [0.15, 0.2) is 0 Å². The standard InChI is InChI=1S/C11H14O5/c1-16-11(15)8-4-2-7(3-5-8)10(14)9(13)6-12/h2-5,9-10,12-14H,6H2,1H3. The average Bonchev–Trinajstić information content (AvgIpc) is 2.36. The summed E-state index contributed by atoms with van der Waals surface area (Å²) in [6.45, 7) is -0.528. The van der Waals surface area contributed by atoms with E-state index in [-0.39, 0.29) is 0 Å². The molecule has 1 aromatic carbocycles. The van der Waals surface area contributed by atoms with E-state index in [1.54, 1.807) is 0 Å². The first kappa shape index (κ1) is 12.6. The highest BCUT2D eigenvalue weighted by atomic mass is 16.5. The highest BCUT2D eigenvalue weighted by molar-refractivity contribution is 5.89. The Labute approximate surface area is 92.9 Å². The fraction of sp³-hybridized carbons (Fsp3) is 0.364. The van der Waals surface area contributed by atoms with E-state index < -0.39 is 24.8 Å². The minimum Gasteiger partial charge on any atom is -0.465 e. The first-order chi connectivity index (χ1) is 7.60. The van der Waals surface area contributed by atoms with Crippen LogP contribution in [-0.2, 0) is 4.74 Å². The molecule has 0 aliphatic heterocycles. The van der Waals surface area contributed by atoms with E-state index in [1.807, 2.05) is 0 Å². The molecule has 16 heavy (non-hydrogen) atoms. The zero-order valence-corrected chi connectivity index (χ0v) is 8.83. The molecule has 0 aliphatic carbocycles. The number of carbonyl (C=O) groups excluding carboxylic acids is 1. The van der Waals surface area contributed by atoms with E-state index >= 15 is 0 Å². The summed E-state index contributed by atoms with van der Waals surface area (Å²) < 4.78 is 4.51. The Balaban J connectivity index is 2.82. The number of methoxy groups -OCH3 is 1. The molecule has 5 heteroatoms. The fourth-order valence-electron chi connectivity index (χ4n) is 1.26. The van der Waals surface area contributed by atoms with Crippen molar-refractivity contribution in [3.8, 4) is 0 Å². The van der Waals surface area contributed by atoms with Crippen LogP contribution in [0.15, 0.2) is 24.3 Å². The van der Waals surface area contributed by atoms with Crippen LogP contribution in [0.4, 0.5) is 0 Å². The summed E-state index contributed by atoms with van der Waals surface area (Å²) in [7, 11) is 1.28. The number of esters is 1. The number of ether oxygens (including phenoxy) is 1. The highest BCUT2D eigenvalue weighted by Crippen LogP contribution is 2.17. The van der Waals surface area contributed by atoms with E-state index in [0.717, 1.165) is 0 Å². The molecule has 1 rings (SSSR count). The van der Waals surface area contributed by atoms with Crippen molar-refractivity contribution in [1.82, 2.24) is 0 Å². The Morgan fingerprint density at radius 2 is 1.88 bits per heavy atom. The molecule has 2 unspecified atom stereocenters. The topological polar surface area (TPSA) is 87.0 Å². The summed E-state index contributed by atoms with van der Waals surface area (Å²) in [6.07, 6.45) is -2.40. The van der Waals surface area contributed by atoms with E-state index in [4.69, 9.17) is 5.11 Å². The number of benzene rings is 1. The number of rotatable bonds is 4. The van der Waals surface area contributed by atoms with E-state index in [9.17, 15) is 15.0 Å². The molecule has 0 amide bonds. The van der Waals surface area contributed by atoms with Crippen molar-refractivity contribution < 1.29 is 24.9 Å². The summed E-state index contributed by atoms with van der Waals surface area (Å²) in [6, 6.07) is 5.95. The largest absolute Gasteiger partial charge is 0.465 e. The smallest absolute Gasteiger partial charge is 0.337 e. The molecular formula is C11H14O5. The van der Waals surface area contributed by atoms with Gasteiger partial charge in [0.05, 0.1) is 19.3 Å². The number of aliphatic hydroxyl groups excluding tert-OH is 3. The Kier molecular flexibility index (Phi) is 4.42. The van der Waals surface area contributed by atoms with Crippen LogP contribution in [0.25, 0.3) is 0 Å². The molecule has 0 saturated carbocycles. The number of aliphatic hydroxyl groups is 3. The van der Waals surface area contributed by atoms with Gasteiger partial charge < -0.3 is 20.1 Å². The maximum absolute atomic E-state index is 11.1. The highest BCUT2D eigenvalue weighted by Gasteiger charge is 2.17. The lowest BCUT2D eigenvalue weighted by Gasteiger charge is -2.15.